The minimum absolute atomic E-state index is 0.189. The minimum Gasteiger partial charge on any atom is -0.497 e. The molecule has 30 heavy (non-hydrogen) atoms. The van der Waals surface area contributed by atoms with Crippen LogP contribution >= 0.6 is 23.4 Å². The largest absolute Gasteiger partial charge is 0.497 e. The van der Waals surface area contributed by atoms with E-state index in [1.165, 1.54) is 0 Å². The third-order valence-corrected chi connectivity index (χ3v) is 6.44. The van der Waals surface area contributed by atoms with Crippen LogP contribution in [0.1, 0.15) is 42.0 Å². The zero-order valence-corrected chi connectivity index (χ0v) is 19.0. The van der Waals surface area contributed by atoms with E-state index >= 15 is 0 Å². The highest BCUT2D eigenvalue weighted by molar-refractivity contribution is 7.99. The zero-order valence-electron chi connectivity index (χ0n) is 17.5. The van der Waals surface area contributed by atoms with Crippen molar-refractivity contribution in [2.24, 2.45) is 0 Å². The normalized spacial score (nSPS) is 11.9. The molecule has 0 aliphatic carbocycles. The van der Waals surface area contributed by atoms with Gasteiger partial charge in [0.05, 0.1) is 19.3 Å². The van der Waals surface area contributed by atoms with Crippen molar-refractivity contribution in [2.75, 3.05) is 7.11 Å². The van der Waals surface area contributed by atoms with E-state index in [4.69, 9.17) is 16.3 Å². The van der Waals surface area contributed by atoms with Gasteiger partial charge in [0.25, 0.3) is 5.91 Å². The molecule has 0 aliphatic heterocycles. The third kappa shape index (κ3) is 4.96. The summed E-state index contributed by atoms with van der Waals surface area (Å²) in [6, 6.07) is 12.7. The Morgan fingerprint density at radius 3 is 2.63 bits per heavy atom. The Hall–Kier alpha value is -2.51. The first-order valence-electron chi connectivity index (χ1n) is 9.73. The Labute approximate surface area is 186 Å². The number of carbonyl (C=O) groups is 1. The van der Waals surface area contributed by atoms with Crippen molar-refractivity contribution < 1.29 is 9.53 Å². The van der Waals surface area contributed by atoms with E-state index in [0.29, 0.717) is 27.4 Å². The van der Waals surface area contributed by atoms with Gasteiger partial charge in [-0.1, -0.05) is 43.3 Å². The zero-order chi connectivity index (χ0) is 21.7. The number of halogens is 1. The van der Waals surface area contributed by atoms with Crippen molar-refractivity contribution in [3.8, 4) is 11.4 Å². The Bertz CT molecular complexity index is 1020. The summed E-state index contributed by atoms with van der Waals surface area (Å²) in [5.74, 6) is 1.16. The molecule has 0 unspecified atom stereocenters. The van der Waals surface area contributed by atoms with E-state index in [2.05, 4.69) is 29.4 Å². The molecule has 1 N–H and O–H groups in total. The van der Waals surface area contributed by atoms with Crippen LogP contribution in [0.4, 0.5) is 0 Å². The second-order valence-electron chi connectivity index (χ2n) is 6.87. The topological polar surface area (TPSA) is 69.0 Å². The molecule has 1 aromatic heterocycles. The molecule has 0 aliphatic rings. The summed E-state index contributed by atoms with van der Waals surface area (Å²) in [7, 11) is 1.59. The van der Waals surface area contributed by atoms with Gasteiger partial charge < -0.3 is 10.1 Å². The van der Waals surface area contributed by atoms with E-state index in [0.717, 1.165) is 22.8 Å². The lowest BCUT2D eigenvalue weighted by Gasteiger charge is -2.15. The molecular formula is C22H25ClN4O2S. The summed E-state index contributed by atoms with van der Waals surface area (Å²) in [5.41, 5.74) is 2.40. The maximum atomic E-state index is 12.6. The van der Waals surface area contributed by atoms with Gasteiger partial charge in [-0.05, 0) is 55.3 Å². The lowest BCUT2D eigenvalue weighted by atomic mass is 10.2. The number of nitrogens with one attached hydrogen (secondary N) is 1. The predicted molar refractivity (Wildman–Crippen MR) is 121 cm³/mol. The van der Waals surface area contributed by atoms with Crippen LogP contribution in [0.25, 0.3) is 5.69 Å². The number of carbonyl (C=O) groups excluding carboxylic acids is 1. The average Bonchev–Trinajstić information content (AvgIpc) is 3.15. The number of amides is 1. The van der Waals surface area contributed by atoms with Gasteiger partial charge >= 0.3 is 0 Å². The summed E-state index contributed by atoms with van der Waals surface area (Å²) in [6.07, 6.45) is 1.01. The van der Waals surface area contributed by atoms with Crippen LogP contribution in [0.2, 0.25) is 5.02 Å². The lowest BCUT2D eigenvalue weighted by molar-refractivity contribution is 0.0949. The number of benzene rings is 2. The van der Waals surface area contributed by atoms with Crippen molar-refractivity contribution in [3.63, 3.8) is 0 Å². The first kappa shape index (κ1) is 22.2. The second kappa shape index (κ2) is 10.00. The summed E-state index contributed by atoms with van der Waals surface area (Å²) in [6.45, 7) is 6.50. The van der Waals surface area contributed by atoms with Crippen molar-refractivity contribution in [2.45, 2.75) is 44.1 Å². The van der Waals surface area contributed by atoms with Gasteiger partial charge in [-0.25, -0.2) is 0 Å². The quantitative estimate of drug-likeness (QED) is 0.492. The summed E-state index contributed by atoms with van der Waals surface area (Å²) in [5, 5.41) is 13.5. The lowest BCUT2D eigenvalue weighted by Crippen LogP contribution is -2.24. The fourth-order valence-electron chi connectivity index (χ4n) is 2.84. The number of aromatic nitrogens is 3. The Kier molecular flexibility index (Phi) is 7.39. The molecule has 0 spiro atoms. The monoisotopic (exact) mass is 444 g/mol. The molecule has 0 radical (unpaired) electrons. The van der Waals surface area contributed by atoms with Crippen molar-refractivity contribution in [1.29, 1.82) is 0 Å². The van der Waals surface area contributed by atoms with Gasteiger partial charge in [0, 0.05) is 15.8 Å². The van der Waals surface area contributed by atoms with Crippen LogP contribution in [0.5, 0.6) is 5.75 Å². The predicted octanol–water partition coefficient (Wildman–Crippen LogP) is 5.06. The van der Waals surface area contributed by atoms with Gasteiger partial charge in [0.1, 0.15) is 5.75 Å². The highest BCUT2D eigenvalue weighted by atomic mass is 35.5. The van der Waals surface area contributed by atoms with Crippen LogP contribution in [0.15, 0.2) is 47.6 Å². The summed E-state index contributed by atoms with van der Waals surface area (Å²) in [4.78, 5) is 12.6. The van der Waals surface area contributed by atoms with Crippen molar-refractivity contribution in [1.82, 2.24) is 20.1 Å². The molecule has 1 heterocycles. The Morgan fingerprint density at radius 1 is 1.23 bits per heavy atom. The molecule has 6 nitrogen and oxygen atoms in total. The standard InChI is InChI=1S/C22H25ClN4O2S/c1-5-14(2)30-22-26-25-20(27(22)19-8-6-7-18(23)15(19)3)13-24-21(28)16-9-11-17(29-4)12-10-16/h6-12,14H,5,13H2,1-4H3,(H,24,28)/t14-/m0/s1. The summed E-state index contributed by atoms with van der Waals surface area (Å²) < 4.78 is 7.12. The minimum atomic E-state index is -0.189. The fraction of sp³-hybridized carbons (Fsp3) is 0.318. The van der Waals surface area contributed by atoms with Crippen LogP contribution in [0.3, 0.4) is 0 Å². The van der Waals surface area contributed by atoms with Crippen LogP contribution in [0, 0.1) is 6.92 Å². The fourth-order valence-corrected chi connectivity index (χ4v) is 3.93. The number of methoxy groups -OCH3 is 1. The maximum absolute atomic E-state index is 12.6. The van der Waals surface area contributed by atoms with Gasteiger partial charge in [-0.3, -0.25) is 9.36 Å². The van der Waals surface area contributed by atoms with Gasteiger partial charge in [-0.15, -0.1) is 10.2 Å². The molecule has 158 valence electrons. The van der Waals surface area contributed by atoms with E-state index in [9.17, 15) is 4.79 Å². The van der Waals surface area contributed by atoms with Gasteiger partial charge in [0.2, 0.25) is 0 Å². The number of hydrogen-bond acceptors (Lipinski definition) is 5. The molecule has 2 aromatic carbocycles. The molecule has 0 bridgehead atoms. The molecule has 3 aromatic rings. The first-order chi connectivity index (χ1) is 14.4. The molecule has 1 amide bonds. The molecule has 3 rings (SSSR count). The van der Waals surface area contributed by atoms with Crippen LogP contribution < -0.4 is 10.1 Å². The van der Waals surface area contributed by atoms with Gasteiger partial charge in [0.15, 0.2) is 11.0 Å². The Morgan fingerprint density at radius 2 is 1.97 bits per heavy atom. The van der Waals surface area contributed by atoms with E-state index in [1.54, 1.807) is 43.1 Å². The second-order valence-corrected chi connectivity index (χ2v) is 8.68. The Balaban J connectivity index is 1.88. The first-order valence-corrected chi connectivity index (χ1v) is 11.0. The smallest absolute Gasteiger partial charge is 0.251 e. The number of nitrogens with zero attached hydrogens (tertiary/aromatic N) is 3. The van der Waals surface area contributed by atoms with E-state index in [-0.39, 0.29) is 12.5 Å². The number of ether oxygens (including phenoxy) is 1. The van der Waals surface area contributed by atoms with Crippen molar-refractivity contribution >= 4 is 29.3 Å². The van der Waals surface area contributed by atoms with Gasteiger partial charge in [-0.2, -0.15) is 0 Å². The summed E-state index contributed by atoms with van der Waals surface area (Å²) >= 11 is 8.01. The molecule has 0 fully saturated rings. The third-order valence-electron chi connectivity index (χ3n) is 4.82. The molecule has 8 heteroatoms. The highest BCUT2D eigenvalue weighted by Gasteiger charge is 2.19. The van der Waals surface area contributed by atoms with E-state index < -0.39 is 0 Å². The van der Waals surface area contributed by atoms with E-state index in [1.807, 2.05) is 29.7 Å². The van der Waals surface area contributed by atoms with Crippen molar-refractivity contribution in [3.05, 3.63) is 64.4 Å². The average molecular weight is 445 g/mol. The number of thioether (sulfide) groups is 1. The number of rotatable bonds is 8. The van der Waals surface area contributed by atoms with Crippen LogP contribution in [-0.4, -0.2) is 33.0 Å². The highest BCUT2D eigenvalue weighted by Crippen LogP contribution is 2.30. The SMILES string of the molecule is CC[C@H](C)Sc1nnc(CNC(=O)c2ccc(OC)cc2)n1-c1cccc(Cl)c1C. The number of hydrogen-bond donors (Lipinski definition) is 1. The molecule has 0 saturated heterocycles. The molecule has 0 saturated carbocycles. The van der Waals surface area contributed by atoms with Crippen LogP contribution in [-0.2, 0) is 6.54 Å². The maximum Gasteiger partial charge on any atom is 0.251 e. The molecule has 1 atom stereocenters. The molecular weight excluding hydrogens is 420 g/mol.